The number of methoxy groups -OCH3 is 1. The fourth-order valence-corrected chi connectivity index (χ4v) is 5.25. The summed E-state index contributed by atoms with van der Waals surface area (Å²) in [6, 6.07) is 17.8. The lowest BCUT2D eigenvalue weighted by Gasteiger charge is -2.37. The molecule has 0 aliphatic carbocycles. The lowest BCUT2D eigenvalue weighted by atomic mass is 10.1. The van der Waals surface area contributed by atoms with E-state index in [9.17, 15) is 4.79 Å². The van der Waals surface area contributed by atoms with Gasteiger partial charge in [0.1, 0.15) is 22.7 Å². The SMILES string of the molecule is COc1cccc(NC(=O)c2sc3ncnc(N4CCN(c5ccccc5)CC4)c3c2C)c1. The maximum absolute atomic E-state index is 13.1. The van der Waals surface area contributed by atoms with Crippen LogP contribution < -0.4 is 19.9 Å². The molecule has 0 radical (unpaired) electrons. The van der Waals surface area contributed by atoms with Gasteiger partial charge in [-0.25, -0.2) is 9.97 Å². The molecule has 1 aliphatic rings. The minimum Gasteiger partial charge on any atom is -0.497 e. The van der Waals surface area contributed by atoms with Gasteiger partial charge in [0.05, 0.1) is 17.4 Å². The lowest BCUT2D eigenvalue weighted by Crippen LogP contribution is -2.46. The van der Waals surface area contributed by atoms with Gasteiger partial charge in [-0.1, -0.05) is 24.3 Å². The highest BCUT2D eigenvalue weighted by molar-refractivity contribution is 7.20. The number of aromatic nitrogens is 2. The molecule has 3 heterocycles. The summed E-state index contributed by atoms with van der Waals surface area (Å²) in [6.45, 7) is 5.54. The van der Waals surface area contributed by atoms with Crippen molar-refractivity contribution in [3.63, 3.8) is 0 Å². The molecule has 7 nitrogen and oxygen atoms in total. The molecular weight excluding hydrogens is 434 g/mol. The molecule has 33 heavy (non-hydrogen) atoms. The second kappa shape index (κ2) is 9.07. The van der Waals surface area contributed by atoms with Gasteiger partial charge in [0.2, 0.25) is 0 Å². The molecule has 1 saturated heterocycles. The number of rotatable bonds is 5. The van der Waals surface area contributed by atoms with Crippen molar-refractivity contribution in [1.29, 1.82) is 0 Å². The monoisotopic (exact) mass is 459 g/mol. The first-order valence-corrected chi connectivity index (χ1v) is 11.7. The molecule has 1 fully saturated rings. The number of ether oxygens (including phenoxy) is 1. The number of para-hydroxylation sites is 1. The summed E-state index contributed by atoms with van der Waals surface area (Å²) >= 11 is 1.41. The Morgan fingerprint density at radius 1 is 1.00 bits per heavy atom. The van der Waals surface area contributed by atoms with Crippen molar-refractivity contribution in [2.24, 2.45) is 0 Å². The van der Waals surface area contributed by atoms with E-state index in [2.05, 4.69) is 49.4 Å². The van der Waals surface area contributed by atoms with E-state index in [0.29, 0.717) is 16.3 Å². The van der Waals surface area contributed by atoms with Gasteiger partial charge in [0.25, 0.3) is 5.91 Å². The van der Waals surface area contributed by atoms with Crippen LogP contribution in [0.25, 0.3) is 10.2 Å². The molecule has 0 unspecified atom stereocenters. The van der Waals surface area contributed by atoms with Crippen molar-refractivity contribution in [2.75, 3.05) is 48.4 Å². The van der Waals surface area contributed by atoms with E-state index in [0.717, 1.165) is 47.8 Å². The number of piperazine rings is 1. The Hall–Kier alpha value is -3.65. The van der Waals surface area contributed by atoms with Crippen LogP contribution in [0.1, 0.15) is 15.2 Å². The minimum absolute atomic E-state index is 0.149. The third-order valence-corrected chi connectivity index (χ3v) is 7.14. The lowest BCUT2D eigenvalue weighted by molar-refractivity contribution is 0.103. The molecule has 1 aliphatic heterocycles. The zero-order chi connectivity index (χ0) is 22.8. The number of nitrogens with one attached hydrogen (secondary N) is 1. The van der Waals surface area contributed by atoms with Crippen LogP contribution in [-0.4, -0.2) is 49.2 Å². The fourth-order valence-electron chi connectivity index (χ4n) is 4.21. The molecule has 0 bridgehead atoms. The van der Waals surface area contributed by atoms with Gasteiger partial charge in [-0.05, 0) is 36.8 Å². The number of anilines is 3. The summed E-state index contributed by atoms with van der Waals surface area (Å²) in [6.07, 6.45) is 1.60. The topological polar surface area (TPSA) is 70.6 Å². The summed E-state index contributed by atoms with van der Waals surface area (Å²) < 4.78 is 5.26. The van der Waals surface area contributed by atoms with Crippen LogP contribution in [-0.2, 0) is 0 Å². The van der Waals surface area contributed by atoms with Crippen molar-refractivity contribution in [3.8, 4) is 5.75 Å². The van der Waals surface area contributed by atoms with Crippen molar-refractivity contribution >= 4 is 44.7 Å². The summed E-state index contributed by atoms with van der Waals surface area (Å²) in [5.74, 6) is 1.45. The van der Waals surface area contributed by atoms with Crippen molar-refractivity contribution < 1.29 is 9.53 Å². The van der Waals surface area contributed by atoms with E-state index < -0.39 is 0 Å². The van der Waals surface area contributed by atoms with E-state index in [1.54, 1.807) is 19.5 Å². The average molecular weight is 460 g/mol. The smallest absolute Gasteiger partial charge is 0.266 e. The van der Waals surface area contributed by atoms with Crippen LogP contribution >= 0.6 is 11.3 Å². The highest BCUT2D eigenvalue weighted by Crippen LogP contribution is 2.36. The number of carbonyl (C=O) groups is 1. The Morgan fingerprint density at radius 2 is 1.76 bits per heavy atom. The van der Waals surface area contributed by atoms with E-state index in [-0.39, 0.29) is 5.91 Å². The van der Waals surface area contributed by atoms with Gasteiger partial charge in [0, 0.05) is 43.6 Å². The summed E-state index contributed by atoms with van der Waals surface area (Å²) in [5, 5.41) is 3.95. The highest BCUT2D eigenvalue weighted by atomic mass is 32.1. The van der Waals surface area contributed by atoms with Gasteiger partial charge >= 0.3 is 0 Å². The molecule has 0 atom stereocenters. The molecule has 1 N–H and O–H groups in total. The van der Waals surface area contributed by atoms with Crippen LogP contribution in [0.2, 0.25) is 0 Å². The largest absolute Gasteiger partial charge is 0.497 e. The quantitative estimate of drug-likeness (QED) is 0.471. The highest BCUT2D eigenvalue weighted by Gasteiger charge is 2.24. The number of amides is 1. The van der Waals surface area contributed by atoms with Crippen molar-refractivity contribution in [2.45, 2.75) is 6.92 Å². The summed E-state index contributed by atoms with van der Waals surface area (Å²) in [5.41, 5.74) is 2.85. The molecule has 168 valence electrons. The Morgan fingerprint density at radius 3 is 2.52 bits per heavy atom. The number of hydrogen-bond acceptors (Lipinski definition) is 7. The second-order valence-corrected chi connectivity index (χ2v) is 8.93. The standard InChI is InChI=1S/C25H25N5O2S/c1-17-21-23(30-13-11-29(12-14-30)19-8-4-3-5-9-19)26-16-27-25(21)33-22(17)24(31)28-18-7-6-10-20(15-18)32-2/h3-10,15-16H,11-14H2,1-2H3,(H,28,31). The number of carbonyl (C=O) groups excluding carboxylic acids is 1. The first-order chi connectivity index (χ1) is 16.1. The summed E-state index contributed by atoms with van der Waals surface area (Å²) in [7, 11) is 1.61. The molecule has 5 rings (SSSR count). The minimum atomic E-state index is -0.149. The van der Waals surface area contributed by atoms with E-state index in [4.69, 9.17) is 4.74 Å². The number of benzene rings is 2. The third kappa shape index (κ3) is 4.21. The average Bonchev–Trinajstić information content (AvgIpc) is 3.21. The Bertz CT molecular complexity index is 1280. The molecular formula is C25H25N5O2S. The van der Waals surface area contributed by atoms with Gasteiger partial charge in [-0.15, -0.1) is 11.3 Å². The van der Waals surface area contributed by atoms with Gasteiger partial charge in [0.15, 0.2) is 0 Å². The molecule has 1 amide bonds. The Balaban J connectivity index is 1.38. The Labute approximate surface area is 196 Å². The predicted molar refractivity (Wildman–Crippen MR) is 134 cm³/mol. The zero-order valence-electron chi connectivity index (χ0n) is 18.6. The Kier molecular flexibility index (Phi) is 5.83. The van der Waals surface area contributed by atoms with E-state index in [1.807, 2.05) is 31.2 Å². The normalized spacial score (nSPS) is 13.9. The molecule has 0 spiro atoms. The predicted octanol–water partition coefficient (Wildman–Crippen LogP) is 4.59. The maximum Gasteiger partial charge on any atom is 0.266 e. The maximum atomic E-state index is 13.1. The number of hydrogen-bond donors (Lipinski definition) is 1. The van der Waals surface area contributed by atoms with Crippen LogP contribution in [0.15, 0.2) is 60.9 Å². The van der Waals surface area contributed by atoms with E-state index in [1.165, 1.54) is 17.0 Å². The van der Waals surface area contributed by atoms with Crippen LogP contribution in [0, 0.1) is 6.92 Å². The van der Waals surface area contributed by atoms with Crippen LogP contribution in [0.4, 0.5) is 17.2 Å². The molecule has 0 saturated carbocycles. The van der Waals surface area contributed by atoms with Gasteiger partial charge in [-0.3, -0.25) is 4.79 Å². The number of thiophene rings is 1. The van der Waals surface area contributed by atoms with Crippen molar-refractivity contribution in [3.05, 3.63) is 71.4 Å². The third-order valence-electron chi connectivity index (χ3n) is 5.94. The van der Waals surface area contributed by atoms with Gasteiger partial charge < -0.3 is 19.9 Å². The van der Waals surface area contributed by atoms with Crippen LogP contribution in [0.3, 0.4) is 0 Å². The first-order valence-electron chi connectivity index (χ1n) is 10.9. The van der Waals surface area contributed by atoms with Crippen molar-refractivity contribution in [1.82, 2.24) is 9.97 Å². The molecule has 8 heteroatoms. The number of aryl methyl sites for hydroxylation is 1. The van der Waals surface area contributed by atoms with Gasteiger partial charge in [-0.2, -0.15) is 0 Å². The molecule has 2 aromatic carbocycles. The molecule has 4 aromatic rings. The van der Waals surface area contributed by atoms with Crippen LogP contribution in [0.5, 0.6) is 5.75 Å². The number of fused-ring (bicyclic) bond motifs is 1. The number of nitrogens with zero attached hydrogens (tertiary/aromatic N) is 4. The second-order valence-electron chi connectivity index (χ2n) is 7.93. The fraction of sp³-hybridized carbons (Fsp3) is 0.240. The zero-order valence-corrected chi connectivity index (χ0v) is 19.4. The van der Waals surface area contributed by atoms with E-state index >= 15 is 0 Å². The summed E-state index contributed by atoms with van der Waals surface area (Å²) in [4.78, 5) is 28.3. The molecule has 2 aromatic heterocycles. The first kappa shape index (κ1) is 21.2.